The molecule has 230 valence electrons. The van der Waals surface area contributed by atoms with Gasteiger partial charge in [-0.3, -0.25) is 13.9 Å². The van der Waals surface area contributed by atoms with Crippen molar-refractivity contribution in [2.24, 2.45) is 0 Å². The minimum absolute atomic E-state index is 0.0256. The summed E-state index contributed by atoms with van der Waals surface area (Å²) >= 11 is 0. The van der Waals surface area contributed by atoms with Crippen LogP contribution in [0.25, 0.3) is 0 Å². The molecule has 1 atom stereocenters. The molecule has 0 bridgehead atoms. The van der Waals surface area contributed by atoms with Gasteiger partial charge in [-0.05, 0) is 78.9 Å². The summed E-state index contributed by atoms with van der Waals surface area (Å²) < 4.78 is 43.1. The Hall–Kier alpha value is -4.50. The number of sulfonamides is 1. The Labute approximate surface area is 259 Å². The number of nitrogens with zero attached hydrogens (tertiary/aromatic N) is 2. The number of hydrogen-bond donors (Lipinski definition) is 1. The zero-order chi connectivity index (χ0) is 31.7. The summed E-state index contributed by atoms with van der Waals surface area (Å²) in [4.78, 5) is 29.5. The Morgan fingerprint density at radius 3 is 2.00 bits per heavy atom. The molecular weight excluding hydrogens is 577 g/mol. The van der Waals surface area contributed by atoms with E-state index >= 15 is 0 Å². The Morgan fingerprint density at radius 2 is 1.41 bits per heavy atom. The van der Waals surface area contributed by atoms with Crippen molar-refractivity contribution in [2.75, 3.05) is 17.4 Å². The van der Waals surface area contributed by atoms with Gasteiger partial charge in [0.2, 0.25) is 11.8 Å². The standard InChI is InChI=1S/C35H38FN3O4S/c1-4-19-37-35(41)33(23-28-11-7-5-8-12-28)38(24-29-15-17-30(36)18-16-29)34(40)25-39(31-21-26(2)20-27(3)22-31)44(42,43)32-13-9-6-10-14-32/h5-18,20-22,33H,4,19,23-25H2,1-3H3,(H,37,41)/t33-/m0/s1. The molecule has 9 heteroatoms. The lowest BCUT2D eigenvalue weighted by Gasteiger charge is -2.34. The minimum atomic E-state index is -4.18. The molecule has 7 nitrogen and oxygen atoms in total. The molecule has 0 saturated heterocycles. The molecule has 4 aromatic carbocycles. The molecule has 4 rings (SSSR count). The SMILES string of the molecule is CCCNC(=O)[C@H](Cc1ccccc1)N(Cc1ccc(F)cc1)C(=O)CN(c1cc(C)cc(C)c1)S(=O)(=O)c1ccccc1. The number of anilines is 1. The van der Waals surface area contributed by atoms with Crippen LogP contribution in [0.3, 0.4) is 0 Å². The smallest absolute Gasteiger partial charge is 0.264 e. The van der Waals surface area contributed by atoms with Gasteiger partial charge in [0.05, 0.1) is 10.6 Å². The number of nitrogens with one attached hydrogen (secondary N) is 1. The van der Waals surface area contributed by atoms with Gasteiger partial charge < -0.3 is 10.2 Å². The molecule has 44 heavy (non-hydrogen) atoms. The first-order chi connectivity index (χ1) is 21.1. The second-order valence-electron chi connectivity index (χ2n) is 10.8. The maximum Gasteiger partial charge on any atom is 0.264 e. The van der Waals surface area contributed by atoms with E-state index in [9.17, 15) is 22.4 Å². The van der Waals surface area contributed by atoms with E-state index in [-0.39, 0.29) is 23.8 Å². The zero-order valence-corrected chi connectivity index (χ0v) is 26.1. The van der Waals surface area contributed by atoms with Crippen LogP contribution in [0.4, 0.5) is 10.1 Å². The minimum Gasteiger partial charge on any atom is -0.354 e. The second kappa shape index (κ2) is 14.8. The van der Waals surface area contributed by atoms with E-state index < -0.39 is 34.3 Å². The molecule has 0 aliphatic heterocycles. The van der Waals surface area contributed by atoms with E-state index in [4.69, 9.17) is 0 Å². The van der Waals surface area contributed by atoms with Crippen LogP contribution in [-0.4, -0.2) is 44.3 Å². The van der Waals surface area contributed by atoms with Crippen LogP contribution in [-0.2, 0) is 32.6 Å². The number of benzene rings is 4. The molecule has 1 N–H and O–H groups in total. The molecule has 0 saturated carbocycles. The lowest BCUT2D eigenvalue weighted by atomic mass is 10.0. The Kier molecular flexibility index (Phi) is 10.9. The largest absolute Gasteiger partial charge is 0.354 e. The summed E-state index contributed by atoms with van der Waals surface area (Å²) in [5, 5.41) is 2.91. The summed E-state index contributed by atoms with van der Waals surface area (Å²) in [6.45, 7) is 5.50. The Balaban J connectivity index is 1.81. The van der Waals surface area contributed by atoms with Gasteiger partial charge in [-0.25, -0.2) is 12.8 Å². The molecule has 0 aromatic heterocycles. The molecule has 0 radical (unpaired) electrons. The number of hydrogen-bond acceptors (Lipinski definition) is 4. The predicted molar refractivity (Wildman–Crippen MR) is 171 cm³/mol. The maximum absolute atomic E-state index is 14.4. The van der Waals surface area contributed by atoms with E-state index in [1.165, 1.54) is 29.2 Å². The van der Waals surface area contributed by atoms with Crippen molar-refractivity contribution < 1.29 is 22.4 Å². The van der Waals surface area contributed by atoms with Crippen molar-refractivity contribution in [1.82, 2.24) is 10.2 Å². The van der Waals surface area contributed by atoms with Crippen molar-refractivity contribution in [3.05, 3.63) is 131 Å². The number of carbonyl (C=O) groups excluding carboxylic acids is 2. The number of aryl methyl sites for hydroxylation is 2. The fourth-order valence-electron chi connectivity index (χ4n) is 5.05. The van der Waals surface area contributed by atoms with E-state index in [1.807, 2.05) is 57.2 Å². The first kappa shape index (κ1) is 32.4. The maximum atomic E-state index is 14.4. The average Bonchev–Trinajstić information content (AvgIpc) is 3.01. The van der Waals surface area contributed by atoms with Gasteiger partial charge in [0.1, 0.15) is 18.4 Å². The monoisotopic (exact) mass is 615 g/mol. The topological polar surface area (TPSA) is 86.8 Å². The van der Waals surface area contributed by atoms with Crippen molar-refractivity contribution in [3.8, 4) is 0 Å². The average molecular weight is 616 g/mol. The van der Waals surface area contributed by atoms with Crippen LogP contribution in [0, 0.1) is 19.7 Å². The Morgan fingerprint density at radius 1 is 0.818 bits per heavy atom. The third kappa shape index (κ3) is 8.32. The number of rotatable bonds is 13. The summed E-state index contributed by atoms with van der Waals surface area (Å²) in [5.74, 6) is -1.35. The van der Waals surface area contributed by atoms with Gasteiger partial charge in [0.15, 0.2) is 0 Å². The van der Waals surface area contributed by atoms with E-state index in [2.05, 4.69) is 5.32 Å². The first-order valence-electron chi connectivity index (χ1n) is 14.6. The van der Waals surface area contributed by atoms with Gasteiger partial charge >= 0.3 is 0 Å². The van der Waals surface area contributed by atoms with Crippen molar-refractivity contribution in [3.63, 3.8) is 0 Å². The number of halogens is 1. The van der Waals surface area contributed by atoms with Gasteiger partial charge in [-0.1, -0.05) is 73.7 Å². The molecule has 0 unspecified atom stereocenters. The number of carbonyl (C=O) groups is 2. The van der Waals surface area contributed by atoms with Crippen LogP contribution in [0.2, 0.25) is 0 Å². The lowest BCUT2D eigenvalue weighted by Crippen LogP contribution is -2.53. The quantitative estimate of drug-likeness (QED) is 0.206. The van der Waals surface area contributed by atoms with Crippen LogP contribution in [0.15, 0.2) is 108 Å². The van der Waals surface area contributed by atoms with Gasteiger partial charge in [-0.2, -0.15) is 0 Å². The third-order valence-corrected chi connectivity index (χ3v) is 8.98. The van der Waals surface area contributed by atoms with Crippen LogP contribution in [0.5, 0.6) is 0 Å². The van der Waals surface area contributed by atoms with Gasteiger partial charge in [0, 0.05) is 19.5 Å². The van der Waals surface area contributed by atoms with Crippen LogP contribution >= 0.6 is 0 Å². The van der Waals surface area contributed by atoms with Crippen molar-refractivity contribution in [2.45, 2.75) is 51.1 Å². The van der Waals surface area contributed by atoms with Gasteiger partial charge in [-0.15, -0.1) is 0 Å². The number of amides is 2. The highest BCUT2D eigenvalue weighted by Crippen LogP contribution is 2.27. The highest BCUT2D eigenvalue weighted by atomic mass is 32.2. The summed E-state index contributed by atoms with van der Waals surface area (Å²) in [7, 11) is -4.18. The molecule has 0 fully saturated rings. The first-order valence-corrected chi connectivity index (χ1v) is 16.0. The van der Waals surface area contributed by atoms with Crippen LogP contribution in [0.1, 0.15) is 35.6 Å². The second-order valence-corrected chi connectivity index (χ2v) is 12.7. The summed E-state index contributed by atoms with van der Waals surface area (Å²) in [5.41, 5.74) is 3.46. The fraction of sp³-hybridized carbons (Fsp3) is 0.257. The zero-order valence-electron chi connectivity index (χ0n) is 25.2. The highest BCUT2D eigenvalue weighted by molar-refractivity contribution is 7.92. The molecule has 2 amide bonds. The molecular formula is C35H38FN3O4S. The molecule has 0 aliphatic rings. The third-order valence-electron chi connectivity index (χ3n) is 7.19. The molecule has 0 spiro atoms. The molecule has 4 aromatic rings. The van der Waals surface area contributed by atoms with Crippen LogP contribution < -0.4 is 9.62 Å². The van der Waals surface area contributed by atoms with Crippen molar-refractivity contribution >= 4 is 27.5 Å². The van der Waals surface area contributed by atoms with E-state index in [1.54, 1.807) is 42.5 Å². The van der Waals surface area contributed by atoms with Gasteiger partial charge in [0.25, 0.3) is 10.0 Å². The van der Waals surface area contributed by atoms with Crippen molar-refractivity contribution in [1.29, 1.82) is 0 Å². The molecule has 0 heterocycles. The summed E-state index contributed by atoms with van der Waals surface area (Å²) in [6, 6.07) is 27.4. The normalized spacial score (nSPS) is 11.9. The van der Waals surface area contributed by atoms with E-state index in [0.29, 0.717) is 24.2 Å². The van der Waals surface area contributed by atoms with E-state index in [0.717, 1.165) is 21.0 Å². The predicted octanol–water partition coefficient (Wildman–Crippen LogP) is 5.80. The fourth-order valence-corrected chi connectivity index (χ4v) is 6.47. The highest BCUT2D eigenvalue weighted by Gasteiger charge is 2.34. The molecule has 0 aliphatic carbocycles. The summed E-state index contributed by atoms with van der Waals surface area (Å²) in [6.07, 6.45) is 0.907. The Bertz CT molecular complexity index is 1640. The lowest BCUT2D eigenvalue weighted by molar-refractivity contribution is -0.140.